The SMILES string of the molecule is CCCOc1ccc(/C(O)=C2\C(=O)C(=O)N(CCN(C)C)C2c2c(C)[nH]c3ccccc23)cc1C. The fourth-order valence-corrected chi connectivity index (χ4v) is 4.70. The van der Waals surface area contributed by atoms with Gasteiger partial charge in [0.05, 0.1) is 18.2 Å². The number of benzene rings is 2. The Bertz CT molecular complexity index is 1300. The molecule has 1 fully saturated rings. The highest BCUT2D eigenvalue weighted by Crippen LogP contribution is 2.43. The molecule has 7 heteroatoms. The number of aryl methyl sites for hydroxylation is 2. The van der Waals surface area contributed by atoms with Crippen LogP contribution in [0.1, 0.15) is 41.8 Å². The molecule has 0 aliphatic carbocycles. The van der Waals surface area contributed by atoms with Crippen LogP contribution in [-0.4, -0.2) is 65.4 Å². The van der Waals surface area contributed by atoms with Crippen LogP contribution < -0.4 is 4.74 Å². The molecule has 0 radical (unpaired) electrons. The van der Waals surface area contributed by atoms with Gasteiger partial charge < -0.3 is 24.6 Å². The Balaban J connectivity index is 1.88. The highest BCUT2D eigenvalue weighted by Gasteiger charge is 2.47. The number of likely N-dealkylation sites (N-methyl/N-ethyl adjacent to an activating group) is 1. The number of hydrogen-bond acceptors (Lipinski definition) is 5. The number of para-hydroxylation sites is 1. The van der Waals surface area contributed by atoms with Crippen molar-refractivity contribution in [3.05, 3.63) is 70.4 Å². The van der Waals surface area contributed by atoms with E-state index in [-0.39, 0.29) is 11.3 Å². The number of likely N-dealkylation sites (tertiary alicyclic amines) is 1. The molecule has 7 nitrogen and oxygen atoms in total. The number of aromatic amines is 1. The van der Waals surface area contributed by atoms with E-state index < -0.39 is 17.7 Å². The zero-order chi connectivity index (χ0) is 25.3. The second kappa shape index (κ2) is 9.96. The van der Waals surface area contributed by atoms with Crippen LogP contribution in [0.15, 0.2) is 48.0 Å². The summed E-state index contributed by atoms with van der Waals surface area (Å²) in [5, 5.41) is 12.4. The van der Waals surface area contributed by atoms with Gasteiger partial charge in [-0.3, -0.25) is 9.59 Å². The highest BCUT2D eigenvalue weighted by molar-refractivity contribution is 6.46. The minimum absolute atomic E-state index is 0.114. The van der Waals surface area contributed by atoms with Crippen molar-refractivity contribution < 1.29 is 19.4 Å². The molecule has 1 saturated heterocycles. The minimum Gasteiger partial charge on any atom is -0.507 e. The third kappa shape index (κ3) is 4.56. The number of nitrogens with one attached hydrogen (secondary N) is 1. The zero-order valence-electron chi connectivity index (χ0n) is 21.0. The molecule has 4 rings (SSSR count). The summed E-state index contributed by atoms with van der Waals surface area (Å²) in [6.45, 7) is 7.43. The van der Waals surface area contributed by atoms with E-state index in [1.54, 1.807) is 23.1 Å². The smallest absolute Gasteiger partial charge is 0.295 e. The first-order valence-corrected chi connectivity index (χ1v) is 12.0. The van der Waals surface area contributed by atoms with Gasteiger partial charge >= 0.3 is 0 Å². The number of aliphatic hydroxyl groups excluding tert-OH is 1. The van der Waals surface area contributed by atoms with Crippen molar-refractivity contribution in [2.75, 3.05) is 33.8 Å². The molecule has 0 bridgehead atoms. The lowest BCUT2D eigenvalue weighted by molar-refractivity contribution is -0.140. The number of Topliss-reactive ketones (excluding diaryl/α,β-unsaturated/α-hetero) is 1. The maximum Gasteiger partial charge on any atom is 0.295 e. The van der Waals surface area contributed by atoms with Crippen molar-refractivity contribution in [2.24, 2.45) is 0 Å². The Morgan fingerprint density at radius 2 is 1.89 bits per heavy atom. The number of carbonyl (C=O) groups excluding carboxylic acids is 2. The van der Waals surface area contributed by atoms with Gasteiger partial charge in [-0.25, -0.2) is 0 Å². The number of fused-ring (bicyclic) bond motifs is 1. The summed E-state index contributed by atoms with van der Waals surface area (Å²) in [5.41, 5.74) is 4.07. The van der Waals surface area contributed by atoms with Crippen LogP contribution in [0, 0.1) is 13.8 Å². The Morgan fingerprint density at radius 1 is 1.14 bits per heavy atom. The van der Waals surface area contributed by atoms with Crippen LogP contribution in [0.5, 0.6) is 5.75 Å². The number of carbonyl (C=O) groups is 2. The third-order valence-corrected chi connectivity index (χ3v) is 6.45. The Labute approximate surface area is 206 Å². The lowest BCUT2D eigenvalue weighted by atomic mass is 9.93. The lowest BCUT2D eigenvalue weighted by Crippen LogP contribution is -2.35. The maximum absolute atomic E-state index is 13.4. The summed E-state index contributed by atoms with van der Waals surface area (Å²) in [7, 11) is 3.85. The summed E-state index contributed by atoms with van der Waals surface area (Å²) in [4.78, 5) is 33.5. The van der Waals surface area contributed by atoms with Gasteiger partial charge in [0.1, 0.15) is 11.5 Å². The maximum atomic E-state index is 13.4. The molecule has 0 saturated carbocycles. The number of rotatable bonds is 8. The van der Waals surface area contributed by atoms with Crippen molar-refractivity contribution in [1.29, 1.82) is 0 Å². The quantitative estimate of drug-likeness (QED) is 0.283. The third-order valence-electron chi connectivity index (χ3n) is 6.45. The topological polar surface area (TPSA) is 85.9 Å². The zero-order valence-corrected chi connectivity index (χ0v) is 21.0. The van der Waals surface area contributed by atoms with Crippen LogP contribution in [0.25, 0.3) is 16.7 Å². The standard InChI is InChI=1S/C28H33N3O4/c1-6-15-35-22-12-11-19(16-17(22)2)26(32)24-25(31(14-13-30(4)5)28(34)27(24)33)23-18(3)29-21-10-8-7-9-20(21)23/h7-12,16,25,29,32H,6,13-15H2,1-5H3/b26-24+. The van der Waals surface area contributed by atoms with Gasteiger partial charge in [-0.1, -0.05) is 25.1 Å². The monoisotopic (exact) mass is 475 g/mol. The van der Waals surface area contributed by atoms with Crippen molar-refractivity contribution >= 4 is 28.4 Å². The molecule has 2 N–H and O–H groups in total. The molecule has 2 heterocycles. The van der Waals surface area contributed by atoms with Crippen LogP contribution in [-0.2, 0) is 9.59 Å². The first-order valence-electron chi connectivity index (χ1n) is 12.0. The van der Waals surface area contributed by atoms with Crippen molar-refractivity contribution in [1.82, 2.24) is 14.8 Å². The second-order valence-corrected chi connectivity index (χ2v) is 9.33. The fourth-order valence-electron chi connectivity index (χ4n) is 4.70. The summed E-state index contributed by atoms with van der Waals surface area (Å²) >= 11 is 0. The van der Waals surface area contributed by atoms with Gasteiger partial charge in [-0.15, -0.1) is 0 Å². The van der Waals surface area contributed by atoms with Crippen LogP contribution in [0.4, 0.5) is 0 Å². The number of H-pyrrole nitrogens is 1. The first-order chi connectivity index (χ1) is 16.7. The number of amides is 1. The highest BCUT2D eigenvalue weighted by atomic mass is 16.5. The van der Waals surface area contributed by atoms with Crippen molar-refractivity contribution in [2.45, 2.75) is 33.2 Å². The number of aliphatic hydroxyl groups is 1. The molecule has 35 heavy (non-hydrogen) atoms. The Kier molecular flexibility index (Phi) is 6.98. The predicted molar refractivity (Wildman–Crippen MR) is 138 cm³/mol. The van der Waals surface area contributed by atoms with E-state index in [1.165, 1.54) is 0 Å². The van der Waals surface area contributed by atoms with E-state index in [4.69, 9.17) is 4.74 Å². The Morgan fingerprint density at radius 3 is 2.57 bits per heavy atom. The van der Waals surface area contributed by atoms with Gasteiger partial charge in [0, 0.05) is 40.8 Å². The summed E-state index contributed by atoms with van der Waals surface area (Å²) < 4.78 is 5.76. The van der Waals surface area contributed by atoms with Crippen molar-refractivity contribution in [3.8, 4) is 5.75 Å². The molecule has 0 spiro atoms. The average molecular weight is 476 g/mol. The van der Waals surface area contributed by atoms with Crippen LogP contribution >= 0.6 is 0 Å². The first kappa shape index (κ1) is 24.5. The van der Waals surface area contributed by atoms with Gasteiger partial charge in [-0.05, 0) is 64.2 Å². The largest absolute Gasteiger partial charge is 0.507 e. The molecule has 1 amide bonds. The molecule has 184 valence electrons. The van der Waals surface area contributed by atoms with Crippen LogP contribution in [0.2, 0.25) is 0 Å². The van der Waals surface area contributed by atoms with E-state index >= 15 is 0 Å². The van der Waals surface area contributed by atoms with Gasteiger partial charge in [0.15, 0.2) is 0 Å². The Hall–Kier alpha value is -3.58. The number of nitrogens with zero attached hydrogens (tertiary/aromatic N) is 2. The van der Waals surface area contributed by atoms with Gasteiger partial charge in [0.25, 0.3) is 11.7 Å². The molecule has 1 atom stereocenters. The van der Waals surface area contributed by atoms with E-state index in [1.807, 2.05) is 64.0 Å². The van der Waals surface area contributed by atoms with E-state index in [9.17, 15) is 14.7 Å². The summed E-state index contributed by atoms with van der Waals surface area (Å²) in [6, 6.07) is 12.5. The molecular weight excluding hydrogens is 442 g/mol. The molecule has 2 aromatic carbocycles. The number of ether oxygens (including phenoxy) is 1. The van der Waals surface area contributed by atoms with Gasteiger partial charge in [0.2, 0.25) is 0 Å². The molecule has 1 aliphatic rings. The minimum atomic E-state index is -0.692. The van der Waals surface area contributed by atoms with E-state index in [0.717, 1.165) is 39.9 Å². The number of hydrogen-bond donors (Lipinski definition) is 2. The van der Waals surface area contributed by atoms with Gasteiger partial charge in [-0.2, -0.15) is 0 Å². The molecule has 1 aliphatic heterocycles. The molecule has 3 aromatic rings. The van der Waals surface area contributed by atoms with Crippen LogP contribution in [0.3, 0.4) is 0 Å². The molecule has 1 aromatic heterocycles. The lowest BCUT2D eigenvalue weighted by Gasteiger charge is -2.27. The van der Waals surface area contributed by atoms with E-state index in [0.29, 0.717) is 25.3 Å². The summed E-state index contributed by atoms with van der Waals surface area (Å²) in [5.74, 6) is -0.697. The van der Waals surface area contributed by atoms with Crippen molar-refractivity contribution in [3.63, 3.8) is 0 Å². The molecule has 1 unspecified atom stereocenters. The summed E-state index contributed by atoms with van der Waals surface area (Å²) in [6.07, 6.45) is 0.890. The second-order valence-electron chi connectivity index (χ2n) is 9.33. The van der Waals surface area contributed by atoms with E-state index in [2.05, 4.69) is 4.98 Å². The average Bonchev–Trinajstić information content (AvgIpc) is 3.28. The number of aromatic nitrogens is 1. The fraction of sp³-hybridized carbons (Fsp3) is 0.357. The normalized spacial score (nSPS) is 17.7. The molecular formula is C28H33N3O4. The predicted octanol–water partition coefficient (Wildman–Crippen LogP) is 4.56. The number of ketones is 1.